The van der Waals surface area contributed by atoms with E-state index in [-0.39, 0.29) is 24.2 Å². The number of nitrogens with zero attached hydrogens (tertiary/aromatic N) is 1. The minimum absolute atomic E-state index is 0.00792. The first-order valence-electron chi connectivity index (χ1n) is 12.6. The van der Waals surface area contributed by atoms with Crippen molar-refractivity contribution in [3.63, 3.8) is 0 Å². The molecule has 0 amide bonds. The van der Waals surface area contributed by atoms with Gasteiger partial charge in [0.05, 0.1) is 30.7 Å². The summed E-state index contributed by atoms with van der Waals surface area (Å²) in [5.74, 6) is 1.38. The van der Waals surface area contributed by atoms with Crippen LogP contribution in [0.15, 0.2) is 54.4 Å². The Bertz CT molecular complexity index is 1040. The summed E-state index contributed by atoms with van der Waals surface area (Å²) in [7, 11) is 3.43. The average molecular weight is 484 g/mol. The first-order valence-corrected chi connectivity index (χ1v) is 13.0. The fraction of sp³-hybridized carbons (Fsp3) is 0.517. The van der Waals surface area contributed by atoms with E-state index in [0.29, 0.717) is 10.9 Å². The Labute approximate surface area is 209 Å². The highest BCUT2D eigenvalue weighted by molar-refractivity contribution is 6.30. The minimum Gasteiger partial charge on any atom is -0.498 e. The molecule has 2 aromatic rings. The number of ether oxygens (including phenoxy) is 3. The molecule has 0 saturated carbocycles. The van der Waals surface area contributed by atoms with Gasteiger partial charge in [-0.3, -0.25) is 0 Å². The van der Waals surface area contributed by atoms with Crippen LogP contribution >= 0.6 is 11.6 Å². The van der Waals surface area contributed by atoms with Crippen molar-refractivity contribution in [1.29, 1.82) is 0 Å². The number of hydrogen-bond donors (Lipinski definition) is 0. The number of benzene rings is 1. The van der Waals surface area contributed by atoms with E-state index in [4.69, 9.17) is 25.8 Å². The van der Waals surface area contributed by atoms with Crippen molar-refractivity contribution < 1.29 is 14.2 Å². The Morgan fingerprint density at radius 2 is 1.97 bits per heavy atom. The highest BCUT2D eigenvalue weighted by Gasteiger charge is 2.39. The Balaban J connectivity index is 1.83. The van der Waals surface area contributed by atoms with Crippen molar-refractivity contribution in [3.8, 4) is 5.69 Å². The minimum atomic E-state index is -0.225. The van der Waals surface area contributed by atoms with Gasteiger partial charge in [-0.25, -0.2) is 0 Å². The summed E-state index contributed by atoms with van der Waals surface area (Å²) in [6, 6.07) is 8.52. The second-order valence-electron chi connectivity index (χ2n) is 9.88. The lowest BCUT2D eigenvalue weighted by molar-refractivity contribution is -0.0769. The van der Waals surface area contributed by atoms with Crippen LogP contribution in [0.25, 0.3) is 5.69 Å². The van der Waals surface area contributed by atoms with Gasteiger partial charge in [-0.05, 0) is 54.7 Å². The summed E-state index contributed by atoms with van der Waals surface area (Å²) in [6.07, 6.45) is 13.6. The number of hydrogen-bond acceptors (Lipinski definition) is 3. The SMILES string of the molecule is CCCCCC1OC(C2C=CC=C(OC)C2OC)c2cc(Cl)ccc2-n2cc(CC(C)C)cc21. The largest absolute Gasteiger partial charge is 0.498 e. The van der Waals surface area contributed by atoms with Gasteiger partial charge in [-0.15, -0.1) is 0 Å². The van der Waals surface area contributed by atoms with E-state index in [0.717, 1.165) is 36.3 Å². The van der Waals surface area contributed by atoms with Crippen molar-refractivity contribution in [2.24, 2.45) is 11.8 Å². The predicted molar refractivity (Wildman–Crippen MR) is 139 cm³/mol. The van der Waals surface area contributed by atoms with Crippen LogP contribution in [0.2, 0.25) is 5.02 Å². The lowest BCUT2D eigenvalue weighted by atomic mass is 9.86. The molecule has 0 spiro atoms. The lowest BCUT2D eigenvalue weighted by Gasteiger charge is -2.35. The standard InChI is InChI=1S/C29H38ClNO3/c1-6-7-8-11-26-25-16-20(15-19(2)3)18-31(25)24-14-13-21(30)17-23(24)28(34-26)22-10-9-12-27(32-4)29(22)33-5/h9-10,12-14,16-19,22,26,28-29H,6-8,11,15H2,1-5H3. The Morgan fingerprint density at radius 3 is 2.68 bits per heavy atom. The second-order valence-corrected chi connectivity index (χ2v) is 10.3. The third kappa shape index (κ3) is 5.15. The highest BCUT2D eigenvalue weighted by atomic mass is 35.5. The van der Waals surface area contributed by atoms with Gasteiger partial charge in [0.25, 0.3) is 0 Å². The molecular formula is C29H38ClNO3. The Hall–Kier alpha value is -2.01. The van der Waals surface area contributed by atoms with Gasteiger partial charge in [0.15, 0.2) is 0 Å². The van der Waals surface area contributed by atoms with Crippen LogP contribution in [0, 0.1) is 11.8 Å². The molecule has 0 radical (unpaired) electrons. The van der Waals surface area contributed by atoms with E-state index in [9.17, 15) is 0 Å². The molecule has 0 N–H and O–H groups in total. The molecule has 4 rings (SSSR count). The molecule has 2 heterocycles. The van der Waals surface area contributed by atoms with Gasteiger partial charge in [0, 0.05) is 29.8 Å². The number of allylic oxidation sites excluding steroid dienone is 2. The highest BCUT2D eigenvalue weighted by Crippen LogP contribution is 2.46. The summed E-state index contributed by atoms with van der Waals surface area (Å²) in [5.41, 5.74) is 4.81. The molecule has 1 aliphatic heterocycles. The van der Waals surface area contributed by atoms with E-state index in [1.165, 1.54) is 24.1 Å². The van der Waals surface area contributed by atoms with Gasteiger partial charge in [0.1, 0.15) is 11.9 Å². The lowest BCUT2D eigenvalue weighted by Crippen LogP contribution is -2.32. The number of aromatic nitrogens is 1. The zero-order valence-corrected chi connectivity index (χ0v) is 21.8. The Kier molecular flexibility index (Phi) is 8.23. The summed E-state index contributed by atoms with van der Waals surface area (Å²) < 4.78 is 21.0. The average Bonchev–Trinajstić information content (AvgIpc) is 3.18. The molecule has 4 atom stereocenters. The fourth-order valence-corrected chi connectivity index (χ4v) is 5.53. The van der Waals surface area contributed by atoms with Gasteiger partial charge in [0.2, 0.25) is 0 Å². The zero-order chi connectivity index (χ0) is 24.2. The van der Waals surface area contributed by atoms with Crippen LogP contribution in [0.3, 0.4) is 0 Å². The summed E-state index contributed by atoms with van der Waals surface area (Å²) in [5, 5.41) is 0.712. The molecule has 184 valence electrons. The van der Waals surface area contributed by atoms with Gasteiger partial charge < -0.3 is 18.8 Å². The van der Waals surface area contributed by atoms with Crippen LogP contribution in [0.5, 0.6) is 0 Å². The van der Waals surface area contributed by atoms with Gasteiger partial charge in [-0.1, -0.05) is 63.8 Å². The van der Waals surface area contributed by atoms with Crippen LogP contribution in [-0.4, -0.2) is 24.9 Å². The maximum Gasteiger partial charge on any atom is 0.125 e. The van der Waals surface area contributed by atoms with Crippen molar-refractivity contribution >= 4 is 11.6 Å². The van der Waals surface area contributed by atoms with E-state index >= 15 is 0 Å². The molecule has 5 heteroatoms. The molecule has 0 bridgehead atoms. The van der Waals surface area contributed by atoms with Crippen LogP contribution in [-0.2, 0) is 20.6 Å². The first-order chi connectivity index (χ1) is 16.5. The monoisotopic (exact) mass is 483 g/mol. The maximum atomic E-state index is 7.06. The van der Waals surface area contributed by atoms with Crippen LogP contribution < -0.4 is 0 Å². The third-order valence-corrected chi connectivity index (χ3v) is 7.11. The molecule has 0 fully saturated rings. The molecule has 34 heavy (non-hydrogen) atoms. The molecule has 0 saturated heterocycles. The molecular weight excluding hydrogens is 446 g/mol. The molecule has 4 unspecified atom stereocenters. The Morgan fingerprint density at radius 1 is 1.15 bits per heavy atom. The van der Waals surface area contributed by atoms with E-state index in [2.05, 4.69) is 55.8 Å². The second kappa shape index (κ2) is 11.2. The number of halogens is 1. The molecule has 2 aliphatic rings. The molecule has 1 aromatic carbocycles. The number of unbranched alkanes of at least 4 members (excludes halogenated alkanes) is 2. The van der Waals surface area contributed by atoms with E-state index in [1.807, 2.05) is 18.2 Å². The molecule has 1 aliphatic carbocycles. The first kappa shape index (κ1) is 25.1. The zero-order valence-electron chi connectivity index (χ0n) is 21.1. The summed E-state index contributed by atoms with van der Waals surface area (Å²) >= 11 is 6.55. The predicted octanol–water partition coefficient (Wildman–Crippen LogP) is 7.75. The smallest absolute Gasteiger partial charge is 0.125 e. The molecule has 1 aromatic heterocycles. The van der Waals surface area contributed by atoms with Crippen molar-refractivity contribution in [2.45, 2.75) is 71.2 Å². The maximum absolute atomic E-state index is 7.06. The number of fused-ring (bicyclic) bond motifs is 3. The van der Waals surface area contributed by atoms with E-state index in [1.54, 1.807) is 14.2 Å². The van der Waals surface area contributed by atoms with Crippen LogP contribution in [0.4, 0.5) is 0 Å². The molecule has 4 nitrogen and oxygen atoms in total. The van der Waals surface area contributed by atoms with Gasteiger partial charge >= 0.3 is 0 Å². The van der Waals surface area contributed by atoms with Gasteiger partial charge in [-0.2, -0.15) is 0 Å². The fourth-order valence-electron chi connectivity index (χ4n) is 5.34. The van der Waals surface area contributed by atoms with Crippen LogP contribution in [0.1, 0.15) is 75.5 Å². The van der Waals surface area contributed by atoms with Crippen molar-refractivity contribution in [3.05, 3.63) is 76.3 Å². The van der Waals surface area contributed by atoms with E-state index < -0.39 is 0 Å². The normalized spacial score (nSPS) is 23.9. The van der Waals surface area contributed by atoms with Crippen molar-refractivity contribution in [1.82, 2.24) is 4.57 Å². The number of methoxy groups -OCH3 is 2. The summed E-state index contributed by atoms with van der Waals surface area (Å²) in [4.78, 5) is 0. The van der Waals surface area contributed by atoms with Crippen molar-refractivity contribution in [2.75, 3.05) is 14.2 Å². The summed E-state index contributed by atoms with van der Waals surface area (Å²) in [6.45, 7) is 6.78. The topological polar surface area (TPSA) is 32.6 Å². The number of rotatable bonds is 9. The third-order valence-electron chi connectivity index (χ3n) is 6.88. The quantitative estimate of drug-likeness (QED) is 0.342.